The smallest absolute Gasteiger partial charge is 0.149 e. The van der Waals surface area contributed by atoms with Gasteiger partial charge in [-0.1, -0.05) is 20.8 Å². The Labute approximate surface area is 81.3 Å². The van der Waals surface area contributed by atoms with Crippen LogP contribution in [0.15, 0.2) is 0 Å². The largest absolute Gasteiger partial charge is 0.299 e. The lowest BCUT2D eigenvalue weighted by Gasteiger charge is -2.16. The molecule has 2 atom stereocenters. The number of Topliss-reactive ketones (excluding diaryl/α,β-unsaturated/α-hetero) is 1. The highest BCUT2D eigenvalue weighted by atomic mass is 16.1. The van der Waals surface area contributed by atoms with Gasteiger partial charge in [-0.25, -0.2) is 0 Å². The SMILES string of the molecule is CC(C)C(=O)CN(C)CC1CC1C. The number of hydrogen-bond donors (Lipinski definition) is 0. The van der Waals surface area contributed by atoms with Crippen LogP contribution < -0.4 is 0 Å². The van der Waals surface area contributed by atoms with E-state index in [0.717, 1.165) is 18.4 Å². The first-order chi connectivity index (χ1) is 6.00. The van der Waals surface area contributed by atoms with E-state index in [1.165, 1.54) is 6.42 Å². The van der Waals surface area contributed by atoms with E-state index >= 15 is 0 Å². The molecule has 1 aliphatic rings. The van der Waals surface area contributed by atoms with Crippen molar-refractivity contribution >= 4 is 5.78 Å². The first-order valence-electron chi connectivity index (χ1n) is 5.22. The average Bonchev–Trinajstić information content (AvgIpc) is 2.65. The van der Waals surface area contributed by atoms with Gasteiger partial charge in [0.2, 0.25) is 0 Å². The minimum atomic E-state index is 0.180. The molecule has 2 nitrogen and oxygen atoms in total. The lowest BCUT2D eigenvalue weighted by atomic mass is 10.1. The molecule has 0 aromatic heterocycles. The van der Waals surface area contributed by atoms with E-state index in [-0.39, 0.29) is 5.92 Å². The normalized spacial score (nSPS) is 26.9. The fourth-order valence-electron chi connectivity index (χ4n) is 1.57. The molecule has 1 aliphatic carbocycles. The van der Waals surface area contributed by atoms with Gasteiger partial charge in [-0.05, 0) is 25.3 Å². The number of nitrogens with zero attached hydrogens (tertiary/aromatic N) is 1. The van der Waals surface area contributed by atoms with Crippen molar-refractivity contribution in [3.8, 4) is 0 Å². The van der Waals surface area contributed by atoms with E-state index in [0.29, 0.717) is 12.3 Å². The molecule has 1 rings (SSSR count). The van der Waals surface area contributed by atoms with Gasteiger partial charge in [-0.15, -0.1) is 0 Å². The van der Waals surface area contributed by atoms with Crippen molar-refractivity contribution in [2.24, 2.45) is 17.8 Å². The number of ketones is 1. The molecule has 13 heavy (non-hydrogen) atoms. The quantitative estimate of drug-likeness (QED) is 0.648. The van der Waals surface area contributed by atoms with Gasteiger partial charge in [0.05, 0.1) is 6.54 Å². The van der Waals surface area contributed by atoms with Crippen molar-refractivity contribution in [1.29, 1.82) is 0 Å². The molecule has 0 N–H and O–H groups in total. The fourth-order valence-corrected chi connectivity index (χ4v) is 1.57. The molecule has 0 aromatic carbocycles. The van der Waals surface area contributed by atoms with Crippen molar-refractivity contribution in [3.05, 3.63) is 0 Å². The average molecular weight is 183 g/mol. The summed E-state index contributed by atoms with van der Waals surface area (Å²) in [6.45, 7) is 7.94. The van der Waals surface area contributed by atoms with Gasteiger partial charge in [0, 0.05) is 12.5 Å². The maximum Gasteiger partial charge on any atom is 0.149 e. The van der Waals surface area contributed by atoms with Crippen LogP contribution in [0.5, 0.6) is 0 Å². The van der Waals surface area contributed by atoms with Gasteiger partial charge in [-0.3, -0.25) is 9.69 Å². The first kappa shape index (κ1) is 10.7. The molecule has 0 aromatic rings. The summed E-state index contributed by atoms with van der Waals surface area (Å²) in [7, 11) is 2.05. The highest BCUT2D eigenvalue weighted by Crippen LogP contribution is 2.37. The monoisotopic (exact) mass is 183 g/mol. The lowest BCUT2D eigenvalue weighted by Crippen LogP contribution is -2.30. The molecule has 0 amide bonds. The molecule has 0 aliphatic heterocycles. The minimum Gasteiger partial charge on any atom is -0.299 e. The number of carbonyl (C=O) groups is 1. The van der Waals surface area contributed by atoms with E-state index < -0.39 is 0 Å². The summed E-state index contributed by atoms with van der Waals surface area (Å²) in [6.07, 6.45) is 1.35. The number of rotatable bonds is 5. The van der Waals surface area contributed by atoms with Crippen molar-refractivity contribution in [3.63, 3.8) is 0 Å². The van der Waals surface area contributed by atoms with E-state index in [1.54, 1.807) is 0 Å². The predicted molar refractivity (Wildman–Crippen MR) is 54.6 cm³/mol. The second kappa shape index (κ2) is 4.23. The highest BCUT2D eigenvalue weighted by molar-refractivity contribution is 5.82. The van der Waals surface area contributed by atoms with Crippen molar-refractivity contribution in [2.75, 3.05) is 20.1 Å². The summed E-state index contributed by atoms with van der Waals surface area (Å²) in [5.74, 6) is 2.27. The Bertz CT molecular complexity index is 189. The van der Waals surface area contributed by atoms with Crippen LogP contribution in [0, 0.1) is 17.8 Å². The van der Waals surface area contributed by atoms with Gasteiger partial charge in [-0.2, -0.15) is 0 Å². The fraction of sp³-hybridized carbons (Fsp3) is 0.909. The van der Waals surface area contributed by atoms with Crippen LogP contribution in [0.3, 0.4) is 0 Å². The zero-order valence-corrected chi connectivity index (χ0v) is 9.21. The maximum absolute atomic E-state index is 11.4. The third-order valence-electron chi connectivity index (χ3n) is 2.89. The molecular weight excluding hydrogens is 162 g/mol. The van der Waals surface area contributed by atoms with Gasteiger partial charge in [0.15, 0.2) is 0 Å². The van der Waals surface area contributed by atoms with E-state index in [4.69, 9.17) is 0 Å². The van der Waals surface area contributed by atoms with Gasteiger partial charge < -0.3 is 0 Å². The Hall–Kier alpha value is -0.370. The van der Waals surface area contributed by atoms with Gasteiger partial charge in [0.25, 0.3) is 0 Å². The summed E-state index contributed by atoms with van der Waals surface area (Å²) in [6, 6.07) is 0. The molecule has 2 unspecified atom stereocenters. The molecule has 0 radical (unpaired) electrons. The summed E-state index contributed by atoms with van der Waals surface area (Å²) in [4.78, 5) is 13.6. The maximum atomic E-state index is 11.4. The van der Waals surface area contributed by atoms with E-state index in [1.807, 2.05) is 20.9 Å². The van der Waals surface area contributed by atoms with Crippen LogP contribution in [-0.4, -0.2) is 30.8 Å². The van der Waals surface area contributed by atoms with Crippen molar-refractivity contribution < 1.29 is 4.79 Å². The number of hydrogen-bond acceptors (Lipinski definition) is 2. The van der Waals surface area contributed by atoms with Crippen LogP contribution in [-0.2, 0) is 4.79 Å². The Balaban J connectivity index is 2.17. The second-order valence-corrected chi connectivity index (χ2v) is 4.79. The molecule has 1 saturated carbocycles. The zero-order valence-electron chi connectivity index (χ0n) is 9.21. The lowest BCUT2D eigenvalue weighted by molar-refractivity contribution is -0.122. The van der Waals surface area contributed by atoms with Gasteiger partial charge >= 0.3 is 0 Å². The Morgan fingerprint density at radius 2 is 2.08 bits per heavy atom. The first-order valence-corrected chi connectivity index (χ1v) is 5.22. The molecule has 0 spiro atoms. The van der Waals surface area contributed by atoms with Crippen LogP contribution in [0.4, 0.5) is 0 Å². The molecule has 76 valence electrons. The number of likely N-dealkylation sites (N-methyl/N-ethyl adjacent to an activating group) is 1. The minimum absolute atomic E-state index is 0.180. The highest BCUT2D eigenvalue weighted by Gasteiger charge is 2.33. The summed E-state index contributed by atoms with van der Waals surface area (Å²) >= 11 is 0. The third-order valence-corrected chi connectivity index (χ3v) is 2.89. The van der Waals surface area contributed by atoms with E-state index in [9.17, 15) is 4.79 Å². The zero-order chi connectivity index (χ0) is 10.0. The van der Waals surface area contributed by atoms with Crippen molar-refractivity contribution in [2.45, 2.75) is 27.2 Å². The Morgan fingerprint density at radius 3 is 2.46 bits per heavy atom. The molecule has 1 fully saturated rings. The van der Waals surface area contributed by atoms with Gasteiger partial charge in [0.1, 0.15) is 5.78 Å². The Kier molecular flexibility index (Phi) is 3.48. The van der Waals surface area contributed by atoms with Crippen LogP contribution >= 0.6 is 0 Å². The van der Waals surface area contributed by atoms with E-state index in [2.05, 4.69) is 11.8 Å². The standard InChI is InChI=1S/C11H21NO/c1-8(2)11(13)7-12(4)6-10-5-9(10)3/h8-10H,5-7H2,1-4H3. The molecular formula is C11H21NO. The molecule has 0 saturated heterocycles. The van der Waals surface area contributed by atoms with Crippen LogP contribution in [0.2, 0.25) is 0 Å². The summed E-state index contributed by atoms with van der Waals surface area (Å²) in [5.41, 5.74) is 0. The molecule has 0 bridgehead atoms. The topological polar surface area (TPSA) is 20.3 Å². The predicted octanol–water partition coefficient (Wildman–Crippen LogP) is 1.80. The Morgan fingerprint density at radius 1 is 1.54 bits per heavy atom. The van der Waals surface area contributed by atoms with Crippen molar-refractivity contribution in [1.82, 2.24) is 4.90 Å². The molecule has 2 heteroatoms. The third kappa shape index (κ3) is 3.47. The molecule has 0 heterocycles. The number of carbonyl (C=O) groups excluding carboxylic acids is 1. The van der Waals surface area contributed by atoms with Crippen LogP contribution in [0.1, 0.15) is 27.2 Å². The summed E-state index contributed by atoms with van der Waals surface area (Å²) < 4.78 is 0. The summed E-state index contributed by atoms with van der Waals surface area (Å²) in [5, 5.41) is 0. The second-order valence-electron chi connectivity index (χ2n) is 4.79. The van der Waals surface area contributed by atoms with Crippen LogP contribution in [0.25, 0.3) is 0 Å².